The molecule has 2 rings (SSSR count). The molecule has 1 aromatic heterocycles. The van der Waals surface area contributed by atoms with E-state index in [1.165, 1.54) is 51.4 Å². The van der Waals surface area contributed by atoms with Gasteiger partial charge in [-0.05, 0) is 43.2 Å². The van der Waals surface area contributed by atoms with Crippen molar-refractivity contribution >= 4 is 5.97 Å². The van der Waals surface area contributed by atoms with E-state index in [9.17, 15) is 4.79 Å². The number of hydrogen-bond donors (Lipinski definition) is 0. The number of carbonyl (C=O) groups is 1. The van der Waals surface area contributed by atoms with Gasteiger partial charge in [0.25, 0.3) is 0 Å². The molecule has 1 heterocycles. The summed E-state index contributed by atoms with van der Waals surface area (Å²) in [5.41, 5.74) is 1.11. The third-order valence-electron chi connectivity index (χ3n) is 5.22. The number of esters is 1. The SMILES string of the molecule is CCCC[C@H]1CC[C@H](CCc2ccc(OC(=O)CCC)cn2)CC1. The second-order valence-electron chi connectivity index (χ2n) is 7.28. The van der Waals surface area contributed by atoms with Gasteiger partial charge in [0, 0.05) is 12.1 Å². The lowest BCUT2D eigenvalue weighted by Gasteiger charge is -2.28. The fraction of sp³-hybridized carbons (Fsp3) is 0.714. The van der Waals surface area contributed by atoms with Crippen LogP contribution in [-0.2, 0) is 11.2 Å². The first-order chi connectivity index (χ1) is 11.7. The van der Waals surface area contributed by atoms with Gasteiger partial charge in [-0.1, -0.05) is 58.8 Å². The highest BCUT2D eigenvalue weighted by molar-refractivity contribution is 5.72. The first-order valence-corrected chi connectivity index (χ1v) is 9.86. The zero-order valence-electron chi connectivity index (χ0n) is 15.4. The van der Waals surface area contributed by atoms with Crippen molar-refractivity contribution < 1.29 is 9.53 Å². The minimum Gasteiger partial charge on any atom is -0.425 e. The number of aromatic nitrogens is 1. The summed E-state index contributed by atoms with van der Waals surface area (Å²) in [6, 6.07) is 3.87. The van der Waals surface area contributed by atoms with Gasteiger partial charge in [-0.25, -0.2) is 0 Å². The Bertz CT molecular complexity index is 475. The third kappa shape index (κ3) is 6.62. The monoisotopic (exact) mass is 331 g/mol. The second-order valence-corrected chi connectivity index (χ2v) is 7.28. The Morgan fingerprint density at radius 2 is 1.79 bits per heavy atom. The Hall–Kier alpha value is -1.38. The van der Waals surface area contributed by atoms with Gasteiger partial charge in [0.1, 0.15) is 5.75 Å². The van der Waals surface area contributed by atoms with E-state index < -0.39 is 0 Å². The summed E-state index contributed by atoms with van der Waals surface area (Å²) in [4.78, 5) is 15.9. The third-order valence-corrected chi connectivity index (χ3v) is 5.22. The topological polar surface area (TPSA) is 39.2 Å². The molecule has 0 radical (unpaired) electrons. The highest BCUT2D eigenvalue weighted by Gasteiger charge is 2.20. The number of carbonyl (C=O) groups excluding carboxylic acids is 1. The van der Waals surface area contributed by atoms with Crippen molar-refractivity contribution in [2.45, 2.75) is 84.5 Å². The van der Waals surface area contributed by atoms with Gasteiger partial charge in [-0.15, -0.1) is 0 Å². The van der Waals surface area contributed by atoms with E-state index in [-0.39, 0.29) is 5.97 Å². The first-order valence-electron chi connectivity index (χ1n) is 9.86. The Morgan fingerprint density at radius 3 is 2.38 bits per heavy atom. The van der Waals surface area contributed by atoms with E-state index >= 15 is 0 Å². The van der Waals surface area contributed by atoms with E-state index in [4.69, 9.17) is 4.74 Å². The van der Waals surface area contributed by atoms with Crippen molar-refractivity contribution in [3.63, 3.8) is 0 Å². The van der Waals surface area contributed by atoms with Crippen LogP contribution in [0.3, 0.4) is 0 Å². The molecule has 0 atom stereocenters. The molecular weight excluding hydrogens is 298 g/mol. The van der Waals surface area contributed by atoms with E-state index in [1.54, 1.807) is 6.20 Å². The highest BCUT2D eigenvalue weighted by atomic mass is 16.5. The molecule has 0 saturated heterocycles. The van der Waals surface area contributed by atoms with Crippen LogP contribution in [0.5, 0.6) is 5.75 Å². The van der Waals surface area contributed by atoms with Crippen molar-refractivity contribution in [3.05, 3.63) is 24.0 Å². The van der Waals surface area contributed by atoms with Crippen LogP contribution in [-0.4, -0.2) is 11.0 Å². The summed E-state index contributed by atoms with van der Waals surface area (Å²) in [5.74, 6) is 2.24. The van der Waals surface area contributed by atoms with E-state index in [0.29, 0.717) is 12.2 Å². The largest absolute Gasteiger partial charge is 0.425 e. The molecule has 134 valence electrons. The molecule has 1 fully saturated rings. The van der Waals surface area contributed by atoms with Crippen LogP contribution in [0.2, 0.25) is 0 Å². The minimum absolute atomic E-state index is 0.174. The summed E-state index contributed by atoms with van der Waals surface area (Å²) in [5, 5.41) is 0. The highest BCUT2D eigenvalue weighted by Crippen LogP contribution is 2.34. The molecule has 0 spiro atoms. The molecule has 0 bridgehead atoms. The molecule has 1 aromatic rings. The van der Waals surface area contributed by atoms with E-state index in [1.807, 2.05) is 19.1 Å². The molecule has 0 aromatic carbocycles. The molecule has 0 N–H and O–H groups in total. The number of nitrogens with zero attached hydrogens (tertiary/aromatic N) is 1. The lowest BCUT2D eigenvalue weighted by Crippen LogP contribution is -2.15. The molecule has 0 amide bonds. The van der Waals surface area contributed by atoms with Crippen LogP contribution in [0.4, 0.5) is 0 Å². The maximum absolute atomic E-state index is 11.5. The molecule has 1 aliphatic carbocycles. The molecule has 3 heteroatoms. The summed E-state index contributed by atoms with van der Waals surface area (Å²) in [6.45, 7) is 4.26. The molecule has 0 aliphatic heterocycles. The number of rotatable bonds is 9. The molecule has 1 saturated carbocycles. The summed E-state index contributed by atoms with van der Waals surface area (Å²) < 4.78 is 5.25. The number of pyridine rings is 1. The summed E-state index contributed by atoms with van der Waals surface area (Å²) in [6.07, 6.45) is 15.0. The molecule has 1 aliphatic rings. The van der Waals surface area contributed by atoms with Crippen molar-refractivity contribution in [2.24, 2.45) is 11.8 Å². The van der Waals surface area contributed by atoms with Crippen LogP contribution in [0.1, 0.15) is 83.7 Å². The minimum atomic E-state index is -0.174. The van der Waals surface area contributed by atoms with Crippen molar-refractivity contribution in [2.75, 3.05) is 0 Å². The lowest BCUT2D eigenvalue weighted by molar-refractivity contribution is -0.134. The standard InChI is InChI=1S/C21H33NO2/c1-3-5-7-17-8-10-18(11-9-17)12-13-19-14-15-20(16-22-19)24-21(23)6-4-2/h14-18H,3-13H2,1-2H3/t17-,18-. The number of hydrogen-bond acceptors (Lipinski definition) is 3. The maximum Gasteiger partial charge on any atom is 0.311 e. The van der Waals surface area contributed by atoms with Crippen LogP contribution >= 0.6 is 0 Å². The van der Waals surface area contributed by atoms with Crippen LogP contribution in [0.15, 0.2) is 18.3 Å². The van der Waals surface area contributed by atoms with Crippen LogP contribution < -0.4 is 4.74 Å². The van der Waals surface area contributed by atoms with Gasteiger partial charge in [-0.2, -0.15) is 0 Å². The molecule has 0 unspecified atom stereocenters. The fourth-order valence-corrected chi connectivity index (χ4v) is 3.66. The van der Waals surface area contributed by atoms with Crippen molar-refractivity contribution in [1.29, 1.82) is 0 Å². The smallest absolute Gasteiger partial charge is 0.311 e. The molecule has 24 heavy (non-hydrogen) atoms. The zero-order valence-corrected chi connectivity index (χ0v) is 15.4. The van der Waals surface area contributed by atoms with Crippen molar-refractivity contribution in [3.8, 4) is 5.75 Å². The Balaban J connectivity index is 1.68. The van der Waals surface area contributed by atoms with Gasteiger partial charge in [0.15, 0.2) is 0 Å². The number of unbranched alkanes of at least 4 members (excludes halogenated alkanes) is 1. The predicted octanol–water partition coefficient (Wildman–Crippen LogP) is 5.72. The molecular formula is C21H33NO2. The Labute approximate surface area is 147 Å². The lowest BCUT2D eigenvalue weighted by atomic mass is 9.78. The first kappa shape index (κ1) is 19.0. The van der Waals surface area contributed by atoms with Crippen LogP contribution in [0.25, 0.3) is 0 Å². The van der Waals surface area contributed by atoms with Gasteiger partial charge >= 0.3 is 5.97 Å². The van der Waals surface area contributed by atoms with Gasteiger partial charge < -0.3 is 4.74 Å². The Kier molecular flexibility index (Phi) is 8.27. The van der Waals surface area contributed by atoms with Gasteiger partial charge in [-0.3, -0.25) is 9.78 Å². The summed E-state index contributed by atoms with van der Waals surface area (Å²) >= 11 is 0. The normalized spacial score (nSPS) is 20.8. The number of ether oxygens (including phenoxy) is 1. The average Bonchev–Trinajstić information content (AvgIpc) is 2.60. The van der Waals surface area contributed by atoms with Crippen molar-refractivity contribution in [1.82, 2.24) is 4.98 Å². The molecule has 3 nitrogen and oxygen atoms in total. The van der Waals surface area contributed by atoms with Gasteiger partial charge in [0.2, 0.25) is 0 Å². The van der Waals surface area contributed by atoms with E-state index in [2.05, 4.69) is 11.9 Å². The summed E-state index contributed by atoms with van der Waals surface area (Å²) in [7, 11) is 0. The number of aryl methyl sites for hydroxylation is 1. The van der Waals surface area contributed by atoms with E-state index in [0.717, 1.165) is 30.4 Å². The average molecular weight is 332 g/mol. The van der Waals surface area contributed by atoms with Crippen LogP contribution in [0, 0.1) is 11.8 Å². The zero-order chi connectivity index (χ0) is 17.2. The predicted molar refractivity (Wildman–Crippen MR) is 98.1 cm³/mol. The second kappa shape index (κ2) is 10.5. The maximum atomic E-state index is 11.5. The Morgan fingerprint density at radius 1 is 1.08 bits per heavy atom. The quantitative estimate of drug-likeness (QED) is 0.543. The van der Waals surface area contributed by atoms with Gasteiger partial charge in [0.05, 0.1) is 6.20 Å². The fourth-order valence-electron chi connectivity index (χ4n) is 3.66.